The molecular weight excluding hydrogens is 306 g/mol. The van der Waals surface area contributed by atoms with Crippen LogP contribution in [0.5, 0.6) is 5.75 Å². The quantitative estimate of drug-likeness (QED) is 0.924. The second-order valence-corrected chi connectivity index (χ2v) is 5.34. The molecule has 102 valence electrons. The number of nitrogens with one attached hydrogen (secondary N) is 1. The molecular formula is C15H18BrNO2. The van der Waals surface area contributed by atoms with Gasteiger partial charge in [-0.15, -0.1) is 0 Å². The van der Waals surface area contributed by atoms with Crippen LogP contribution in [0.4, 0.5) is 0 Å². The molecule has 0 fully saturated rings. The first-order valence-electron chi connectivity index (χ1n) is 6.14. The molecule has 0 saturated carbocycles. The van der Waals surface area contributed by atoms with Crippen LogP contribution in [0.25, 0.3) is 0 Å². The van der Waals surface area contributed by atoms with Gasteiger partial charge in [0.05, 0.1) is 17.6 Å². The van der Waals surface area contributed by atoms with Crippen LogP contribution in [0, 0.1) is 13.8 Å². The van der Waals surface area contributed by atoms with E-state index in [1.165, 1.54) is 5.56 Å². The maximum Gasteiger partial charge on any atom is 0.133 e. The number of rotatable bonds is 4. The second-order valence-electron chi connectivity index (χ2n) is 4.48. The van der Waals surface area contributed by atoms with E-state index >= 15 is 0 Å². The minimum Gasteiger partial charge on any atom is -0.496 e. The summed E-state index contributed by atoms with van der Waals surface area (Å²) in [5, 5.41) is 3.33. The zero-order chi connectivity index (χ0) is 14.0. The molecule has 4 heteroatoms. The molecule has 0 bridgehead atoms. The van der Waals surface area contributed by atoms with Crippen LogP contribution in [-0.4, -0.2) is 14.2 Å². The fraction of sp³-hybridized carbons (Fsp3) is 0.333. The number of halogens is 1. The number of hydrogen-bond donors (Lipinski definition) is 1. The van der Waals surface area contributed by atoms with Crippen LogP contribution in [0.1, 0.15) is 28.7 Å². The van der Waals surface area contributed by atoms with Crippen molar-refractivity contribution < 1.29 is 9.15 Å². The minimum atomic E-state index is 0.111. The van der Waals surface area contributed by atoms with Crippen molar-refractivity contribution in [3.05, 3.63) is 51.4 Å². The summed E-state index contributed by atoms with van der Waals surface area (Å²) in [6, 6.07) is 8.29. The normalized spacial score (nSPS) is 12.5. The molecule has 2 aromatic rings. The zero-order valence-corrected chi connectivity index (χ0v) is 13.2. The van der Waals surface area contributed by atoms with Gasteiger partial charge in [0.2, 0.25) is 0 Å². The molecule has 0 amide bonds. The van der Waals surface area contributed by atoms with E-state index in [-0.39, 0.29) is 6.04 Å². The Bertz CT molecular complexity index is 578. The van der Waals surface area contributed by atoms with Gasteiger partial charge in [-0.1, -0.05) is 6.07 Å². The lowest BCUT2D eigenvalue weighted by molar-refractivity contribution is 0.412. The Balaban J connectivity index is 2.42. The Labute approximate surface area is 122 Å². The Kier molecular flexibility index (Phi) is 4.32. The predicted molar refractivity (Wildman–Crippen MR) is 79.8 cm³/mol. The summed E-state index contributed by atoms with van der Waals surface area (Å²) in [6.45, 7) is 3.96. The number of methoxy groups -OCH3 is 1. The van der Waals surface area contributed by atoms with Gasteiger partial charge in [-0.25, -0.2) is 0 Å². The smallest absolute Gasteiger partial charge is 0.133 e. The maximum absolute atomic E-state index is 5.62. The lowest BCUT2D eigenvalue weighted by Crippen LogP contribution is -2.17. The summed E-state index contributed by atoms with van der Waals surface area (Å²) in [6.07, 6.45) is 0. The van der Waals surface area contributed by atoms with E-state index < -0.39 is 0 Å². The van der Waals surface area contributed by atoms with Crippen molar-refractivity contribution in [1.29, 1.82) is 0 Å². The van der Waals surface area contributed by atoms with Gasteiger partial charge < -0.3 is 14.5 Å². The Morgan fingerprint density at radius 3 is 2.47 bits per heavy atom. The third-order valence-electron chi connectivity index (χ3n) is 3.19. The molecule has 1 heterocycles. The van der Waals surface area contributed by atoms with Crippen molar-refractivity contribution in [2.24, 2.45) is 0 Å². The molecule has 0 saturated heterocycles. The van der Waals surface area contributed by atoms with Gasteiger partial charge in [-0.3, -0.25) is 0 Å². The lowest BCUT2D eigenvalue weighted by atomic mass is 9.99. The highest BCUT2D eigenvalue weighted by Gasteiger charge is 2.18. The number of aryl methyl sites for hydroxylation is 2. The molecule has 0 aliphatic heterocycles. The van der Waals surface area contributed by atoms with Crippen LogP contribution in [0.15, 0.2) is 33.2 Å². The summed E-state index contributed by atoms with van der Waals surface area (Å²) >= 11 is 3.52. The van der Waals surface area contributed by atoms with E-state index in [1.54, 1.807) is 7.11 Å². The van der Waals surface area contributed by atoms with Crippen LogP contribution in [0.2, 0.25) is 0 Å². The third kappa shape index (κ3) is 2.85. The fourth-order valence-corrected chi connectivity index (χ4v) is 2.86. The van der Waals surface area contributed by atoms with Crippen molar-refractivity contribution in [2.75, 3.05) is 14.2 Å². The van der Waals surface area contributed by atoms with Crippen molar-refractivity contribution in [2.45, 2.75) is 19.9 Å². The fourth-order valence-electron chi connectivity index (χ4n) is 2.30. The zero-order valence-electron chi connectivity index (χ0n) is 11.6. The number of furan rings is 1. The highest BCUT2D eigenvalue weighted by molar-refractivity contribution is 9.10. The summed E-state index contributed by atoms with van der Waals surface area (Å²) in [5.74, 6) is 2.71. The van der Waals surface area contributed by atoms with E-state index in [1.807, 2.05) is 27.0 Å². The summed E-state index contributed by atoms with van der Waals surface area (Å²) in [7, 11) is 3.61. The average molecular weight is 324 g/mol. The lowest BCUT2D eigenvalue weighted by Gasteiger charge is -2.17. The summed E-state index contributed by atoms with van der Waals surface area (Å²) in [5.41, 5.74) is 2.33. The van der Waals surface area contributed by atoms with E-state index in [2.05, 4.69) is 39.4 Å². The van der Waals surface area contributed by atoms with Crippen LogP contribution < -0.4 is 10.1 Å². The van der Waals surface area contributed by atoms with Crippen molar-refractivity contribution in [3.8, 4) is 5.75 Å². The summed E-state index contributed by atoms with van der Waals surface area (Å²) < 4.78 is 11.8. The van der Waals surface area contributed by atoms with Crippen molar-refractivity contribution in [3.63, 3.8) is 0 Å². The van der Waals surface area contributed by atoms with E-state index in [0.29, 0.717) is 0 Å². The second kappa shape index (κ2) is 5.80. The SMILES string of the molecule is CNC(c1ccc(OC)c(Br)c1)c1cc(C)oc1C. The van der Waals surface area contributed by atoms with Gasteiger partial charge in [-0.05, 0) is 60.6 Å². The molecule has 1 aromatic heterocycles. The van der Waals surface area contributed by atoms with Gasteiger partial charge in [0.15, 0.2) is 0 Å². The Hall–Kier alpha value is -1.26. The Morgan fingerprint density at radius 2 is 2.00 bits per heavy atom. The number of benzene rings is 1. The van der Waals surface area contributed by atoms with Crippen LogP contribution in [-0.2, 0) is 0 Å². The largest absolute Gasteiger partial charge is 0.496 e. The van der Waals surface area contributed by atoms with E-state index in [0.717, 1.165) is 27.3 Å². The first kappa shape index (κ1) is 14.2. The predicted octanol–water partition coefficient (Wildman–Crippen LogP) is 3.98. The minimum absolute atomic E-state index is 0.111. The topological polar surface area (TPSA) is 34.4 Å². The molecule has 1 unspecified atom stereocenters. The summed E-state index contributed by atoms with van der Waals surface area (Å²) in [4.78, 5) is 0. The van der Waals surface area contributed by atoms with E-state index in [9.17, 15) is 0 Å². The number of hydrogen-bond acceptors (Lipinski definition) is 3. The molecule has 3 nitrogen and oxygen atoms in total. The van der Waals surface area contributed by atoms with Crippen molar-refractivity contribution >= 4 is 15.9 Å². The molecule has 1 atom stereocenters. The molecule has 0 aliphatic rings. The van der Waals surface area contributed by atoms with Crippen molar-refractivity contribution in [1.82, 2.24) is 5.32 Å². The highest BCUT2D eigenvalue weighted by atomic mass is 79.9. The average Bonchev–Trinajstić information content (AvgIpc) is 2.70. The monoisotopic (exact) mass is 323 g/mol. The maximum atomic E-state index is 5.62. The molecule has 1 N–H and O–H groups in total. The highest BCUT2D eigenvalue weighted by Crippen LogP contribution is 2.32. The first-order valence-corrected chi connectivity index (χ1v) is 6.93. The van der Waals surface area contributed by atoms with Gasteiger partial charge in [0.25, 0.3) is 0 Å². The van der Waals surface area contributed by atoms with Gasteiger partial charge in [0, 0.05) is 5.56 Å². The molecule has 0 aliphatic carbocycles. The van der Waals surface area contributed by atoms with Crippen LogP contribution in [0.3, 0.4) is 0 Å². The molecule has 19 heavy (non-hydrogen) atoms. The standard InChI is InChI=1S/C15H18BrNO2/c1-9-7-12(10(2)19-9)15(17-3)11-5-6-14(18-4)13(16)8-11/h5-8,15,17H,1-4H3. The van der Waals surface area contributed by atoms with Gasteiger partial charge >= 0.3 is 0 Å². The first-order chi connectivity index (χ1) is 9.06. The molecule has 0 spiro atoms. The van der Waals surface area contributed by atoms with Gasteiger partial charge in [-0.2, -0.15) is 0 Å². The number of ether oxygens (including phenoxy) is 1. The third-order valence-corrected chi connectivity index (χ3v) is 3.81. The van der Waals surface area contributed by atoms with Crippen LogP contribution >= 0.6 is 15.9 Å². The molecule has 1 aromatic carbocycles. The Morgan fingerprint density at radius 1 is 1.26 bits per heavy atom. The van der Waals surface area contributed by atoms with E-state index in [4.69, 9.17) is 9.15 Å². The molecule has 0 radical (unpaired) electrons. The van der Waals surface area contributed by atoms with Gasteiger partial charge in [0.1, 0.15) is 17.3 Å². The molecule has 2 rings (SSSR count).